The van der Waals surface area contributed by atoms with Crippen molar-refractivity contribution in [1.29, 1.82) is 0 Å². The Kier molecular flexibility index (Phi) is 11.5. The maximum atomic E-state index is 13.9. The molecular formula is C33H43N3O4S. The molecule has 0 radical (unpaired) electrons. The molecule has 3 aromatic carbocycles. The van der Waals surface area contributed by atoms with Crippen molar-refractivity contribution >= 4 is 27.5 Å². The smallest absolute Gasteiger partial charge is 0.243 e. The van der Waals surface area contributed by atoms with Crippen molar-refractivity contribution < 1.29 is 18.0 Å². The van der Waals surface area contributed by atoms with Gasteiger partial charge in [-0.15, -0.1) is 0 Å². The highest BCUT2D eigenvalue weighted by Crippen LogP contribution is 2.21. The summed E-state index contributed by atoms with van der Waals surface area (Å²) in [5.74, 6) is -0.381. The number of benzene rings is 3. The van der Waals surface area contributed by atoms with Gasteiger partial charge in [0.05, 0.1) is 11.9 Å². The first-order valence-corrected chi connectivity index (χ1v) is 16.1. The van der Waals surface area contributed by atoms with Gasteiger partial charge in [0.25, 0.3) is 0 Å². The van der Waals surface area contributed by atoms with Crippen LogP contribution in [0.15, 0.2) is 78.9 Å². The molecule has 0 spiro atoms. The van der Waals surface area contributed by atoms with Crippen molar-refractivity contribution in [2.45, 2.75) is 72.0 Å². The van der Waals surface area contributed by atoms with Crippen LogP contribution in [-0.2, 0) is 32.6 Å². The standard InChI is InChI=1S/C33H43N3O4S/c1-6-27(4)34-33(38)31(23-28-14-8-7-9-15-28)35(24-29-16-11-10-13-26(29)3)32(37)17-12-22-36(41(5,39)40)30-20-18-25(2)19-21-30/h7-11,13-16,18-21,27,31H,6,12,17,22-24H2,1-5H3,(H,34,38)/t27-,31-/m0/s1. The average Bonchev–Trinajstić information content (AvgIpc) is 2.94. The molecule has 220 valence electrons. The molecule has 7 nitrogen and oxygen atoms in total. The van der Waals surface area contributed by atoms with E-state index in [1.807, 2.05) is 94.4 Å². The van der Waals surface area contributed by atoms with Crippen molar-refractivity contribution in [3.05, 3.63) is 101 Å². The maximum absolute atomic E-state index is 13.9. The molecule has 1 N–H and O–H groups in total. The molecule has 0 saturated carbocycles. The molecule has 0 unspecified atom stereocenters. The lowest BCUT2D eigenvalue weighted by Gasteiger charge is -2.33. The van der Waals surface area contributed by atoms with Crippen LogP contribution in [0.5, 0.6) is 0 Å². The Hall–Kier alpha value is -3.65. The van der Waals surface area contributed by atoms with E-state index in [0.29, 0.717) is 18.5 Å². The van der Waals surface area contributed by atoms with Crippen LogP contribution in [0, 0.1) is 13.8 Å². The normalized spacial score (nSPS) is 12.8. The molecule has 0 saturated heterocycles. The molecule has 0 heterocycles. The summed E-state index contributed by atoms with van der Waals surface area (Å²) in [6.45, 7) is 8.35. The zero-order valence-corrected chi connectivity index (χ0v) is 25.7. The first kappa shape index (κ1) is 31.9. The van der Waals surface area contributed by atoms with Gasteiger partial charge < -0.3 is 10.2 Å². The Bertz CT molecular complexity index is 1390. The van der Waals surface area contributed by atoms with Crippen LogP contribution in [-0.4, -0.2) is 50.0 Å². The Morgan fingerprint density at radius 3 is 2.15 bits per heavy atom. The van der Waals surface area contributed by atoms with Crippen LogP contribution >= 0.6 is 0 Å². The topological polar surface area (TPSA) is 86.8 Å². The Morgan fingerprint density at radius 1 is 0.902 bits per heavy atom. The molecule has 0 aliphatic carbocycles. The van der Waals surface area contributed by atoms with Crippen molar-refractivity contribution in [1.82, 2.24) is 10.2 Å². The highest BCUT2D eigenvalue weighted by Gasteiger charge is 2.31. The number of hydrogen-bond donors (Lipinski definition) is 1. The van der Waals surface area contributed by atoms with E-state index in [0.717, 1.165) is 28.7 Å². The number of nitrogens with one attached hydrogen (secondary N) is 1. The summed E-state index contributed by atoms with van der Waals surface area (Å²) in [7, 11) is -3.55. The van der Waals surface area contributed by atoms with Crippen LogP contribution in [0.1, 0.15) is 55.4 Å². The van der Waals surface area contributed by atoms with E-state index in [9.17, 15) is 18.0 Å². The van der Waals surface area contributed by atoms with Gasteiger partial charge in [0, 0.05) is 32.0 Å². The van der Waals surface area contributed by atoms with E-state index < -0.39 is 16.1 Å². The van der Waals surface area contributed by atoms with Crippen molar-refractivity contribution in [2.24, 2.45) is 0 Å². The molecule has 0 fully saturated rings. The lowest BCUT2D eigenvalue weighted by molar-refractivity contribution is -0.141. The monoisotopic (exact) mass is 577 g/mol. The summed E-state index contributed by atoms with van der Waals surface area (Å²) in [5, 5.41) is 3.09. The molecule has 3 aromatic rings. The fourth-order valence-corrected chi connectivity index (χ4v) is 5.65. The number of sulfonamides is 1. The van der Waals surface area contributed by atoms with E-state index in [1.165, 1.54) is 10.6 Å². The van der Waals surface area contributed by atoms with Gasteiger partial charge in [0.15, 0.2) is 0 Å². The number of anilines is 1. The van der Waals surface area contributed by atoms with E-state index in [1.54, 1.807) is 17.0 Å². The minimum absolute atomic E-state index is 0.0333. The molecule has 0 aliphatic heterocycles. The molecule has 0 aliphatic rings. The Morgan fingerprint density at radius 2 is 1.54 bits per heavy atom. The zero-order chi connectivity index (χ0) is 30.0. The molecule has 3 rings (SSSR count). The average molecular weight is 578 g/mol. The quantitative estimate of drug-likeness (QED) is 0.278. The number of nitrogens with zero attached hydrogens (tertiary/aromatic N) is 2. The van der Waals surface area contributed by atoms with Crippen LogP contribution < -0.4 is 9.62 Å². The largest absolute Gasteiger partial charge is 0.352 e. The van der Waals surface area contributed by atoms with Crippen LogP contribution in [0.4, 0.5) is 5.69 Å². The van der Waals surface area contributed by atoms with E-state index in [-0.39, 0.29) is 37.4 Å². The summed E-state index contributed by atoms with van der Waals surface area (Å²) >= 11 is 0. The minimum atomic E-state index is -3.55. The van der Waals surface area contributed by atoms with Gasteiger partial charge in [0.2, 0.25) is 21.8 Å². The predicted octanol–water partition coefficient (Wildman–Crippen LogP) is 5.40. The Balaban J connectivity index is 1.89. The van der Waals surface area contributed by atoms with Gasteiger partial charge in [-0.25, -0.2) is 8.42 Å². The Labute approximate surface area is 245 Å². The van der Waals surface area contributed by atoms with Crippen LogP contribution in [0.2, 0.25) is 0 Å². The fraction of sp³-hybridized carbons (Fsp3) is 0.394. The van der Waals surface area contributed by atoms with Gasteiger partial charge >= 0.3 is 0 Å². The highest BCUT2D eigenvalue weighted by atomic mass is 32.2. The number of aryl methyl sites for hydroxylation is 2. The second kappa shape index (κ2) is 14.8. The van der Waals surface area contributed by atoms with Gasteiger partial charge in [-0.1, -0.05) is 79.2 Å². The summed E-state index contributed by atoms with van der Waals surface area (Å²) in [5.41, 5.74) is 4.56. The van der Waals surface area contributed by atoms with E-state index >= 15 is 0 Å². The van der Waals surface area contributed by atoms with E-state index in [2.05, 4.69) is 5.32 Å². The number of rotatable bonds is 14. The predicted molar refractivity (Wildman–Crippen MR) is 166 cm³/mol. The summed E-state index contributed by atoms with van der Waals surface area (Å²) in [4.78, 5) is 29.3. The second-order valence-electron chi connectivity index (χ2n) is 10.7. The lowest BCUT2D eigenvalue weighted by Crippen LogP contribution is -2.52. The van der Waals surface area contributed by atoms with Crippen molar-refractivity contribution in [3.63, 3.8) is 0 Å². The summed E-state index contributed by atoms with van der Waals surface area (Å²) < 4.78 is 26.6. The number of hydrogen-bond acceptors (Lipinski definition) is 4. The zero-order valence-electron chi connectivity index (χ0n) is 24.8. The molecule has 0 bridgehead atoms. The van der Waals surface area contributed by atoms with E-state index in [4.69, 9.17) is 0 Å². The van der Waals surface area contributed by atoms with Gasteiger partial charge in [0.1, 0.15) is 6.04 Å². The molecule has 0 aromatic heterocycles. The second-order valence-corrected chi connectivity index (χ2v) is 12.7. The van der Waals surface area contributed by atoms with Crippen molar-refractivity contribution in [3.8, 4) is 0 Å². The fourth-order valence-electron chi connectivity index (χ4n) is 4.68. The molecular weight excluding hydrogens is 534 g/mol. The maximum Gasteiger partial charge on any atom is 0.243 e. The minimum Gasteiger partial charge on any atom is -0.352 e. The molecule has 2 amide bonds. The molecule has 2 atom stereocenters. The van der Waals surface area contributed by atoms with Gasteiger partial charge in [-0.3, -0.25) is 13.9 Å². The first-order valence-electron chi connectivity index (χ1n) is 14.2. The number of carbonyl (C=O) groups excluding carboxylic acids is 2. The van der Waals surface area contributed by atoms with Gasteiger partial charge in [-0.05, 0) is 62.4 Å². The number of carbonyl (C=O) groups is 2. The highest BCUT2D eigenvalue weighted by molar-refractivity contribution is 7.92. The third-order valence-electron chi connectivity index (χ3n) is 7.35. The lowest BCUT2D eigenvalue weighted by atomic mass is 10.0. The third-order valence-corrected chi connectivity index (χ3v) is 8.54. The SMILES string of the molecule is CC[C@H](C)NC(=O)[C@H](Cc1ccccc1)N(Cc1ccccc1C)C(=O)CCCN(c1ccc(C)cc1)S(C)(=O)=O. The third kappa shape index (κ3) is 9.46. The number of amides is 2. The van der Waals surface area contributed by atoms with Gasteiger partial charge in [-0.2, -0.15) is 0 Å². The van der Waals surface area contributed by atoms with Crippen LogP contribution in [0.25, 0.3) is 0 Å². The molecule has 41 heavy (non-hydrogen) atoms. The molecule has 8 heteroatoms. The summed E-state index contributed by atoms with van der Waals surface area (Å²) in [6, 6.07) is 24.1. The summed E-state index contributed by atoms with van der Waals surface area (Å²) in [6.07, 6.45) is 2.74. The first-order chi connectivity index (χ1) is 19.5. The van der Waals surface area contributed by atoms with Crippen molar-refractivity contribution in [2.75, 3.05) is 17.1 Å². The van der Waals surface area contributed by atoms with Crippen LogP contribution in [0.3, 0.4) is 0 Å².